The highest BCUT2D eigenvalue weighted by Gasteiger charge is 2.46. The highest BCUT2D eigenvalue weighted by molar-refractivity contribution is 6.46. The van der Waals surface area contributed by atoms with E-state index in [0.29, 0.717) is 19.6 Å². The van der Waals surface area contributed by atoms with Crippen LogP contribution in [0.2, 0.25) is 0 Å². The van der Waals surface area contributed by atoms with Crippen LogP contribution in [0, 0.1) is 15.9 Å². The fourth-order valence-corrected chi connectivity index (χ4v) is 4.11. The monoisotopic (exact) mass is 487 g/mol. The Morgan fingerprint density at radius 2 is 1.89 bits per heavy atom. The van der Waals surface area contributed by atoms with Crippen LogP contribution in [0.15, 0.2) is 42.0 Å². The molecule has 0 bridgehead atoms. The van der Waals surface area contributed by atoms with Crippen LogP contribution in [-0.4, -0.2) is 69.9 Å². The molecule has 3 rings (SSSR count). The number of phenolic OH excluding ortho intramolecular Hbond substituents is 1. The van der Waals surface area contributed by atoms with E-state index in [1.165, 1.54) is 24.1 Å². The zero-order chi connectivity index (χ0) is 25.9. The number of phenols is 1. The molecular weight excluding hydrogens is 461 g/mol. The van der Waals surface area contributed by atoms with E-state index in [4.69, 9.17) is 4.74 Å². The molecule has 1 aliphatic rings. The van der Waals surface area contributed by atoms with E-state index in [1.54, 1.807) is 0 Å². The fourth-order valence-electron chi connectivity index (χ4n) is 4.11. The van der Waals surface area contributed by atoms with Crippen LogP contribution >= 0.6 is 0 Å². The quantitative estimate of drug-likeness (QED) is 0.181. The number of methoxy groups -OCH3 is 1. The van der Waals surface area contributed by atoms with E-state index in [-0.39, 0.29) is 29.0 Å². The summed E-state index contributed by atoms with van der Waals surface area (Å²) in [6.45, 7) is 5.75. The maximum atomic E-state index is 14.0. The molecule has 2 aromatic rings. The highest BCUT2D eigenvalue weighted by Crippen LogP contribution is 2.42. The van der Waals surface area contributed by atoms with Gasteiger partial charge in [-0.2, -0.15) is 0 Å². The van der Waals surface area contributed by atoms with E-state index >= 15 is 0 Å². The number of carbonyl (C=O) groups excluding carboxylic acids is 2. The number of Topliss-reactive ketones (excluding diaryl/α,β-unsaturated/α-hetero) is 1. The predicted molar refractivity (Wildman–Crippen MR) is 125 cm³/mol. The van der Waals surface area contributed by atoms with Gasteiger partial charge in [-0.15, -0.1) is 0 Å². The number of likely N-dealkylation sites (tertiary alicyclic amines) is 1. The van der Waals surface area contributed by atoms with Crippen LogP contribution in [0.25, 0.3) is 5.76 Å². The number of hydrogen-bond acceptors (Lipinski definition) is 8. The van der Waals surface area contributed by atoms with Crippen LogP contribution < -0.4 is 4.74 Å². The third kappa shape index (κ3) is 4.94. The standard InChI is InChI=1S/C24H26FN3O7/c1-4-26(5-2)10-11-27-21(14-6-8-18(29)17(12-14)28(33)34)20(23(31)24(27)32)22(30)16-13-15(25)7-9-19(16)35-3/h6-9,12-13,21,29-30H,4-5,10-11H2,1-3H3/b22-20+. The number of aromatic hydroxyl groups is 1. The summed E-state index contributed by atoms with van der Waals surface area (Å²) in [5.41, 5.74) is -1.00. The zero-order valence-electron chi connectivity index (χ0n) is 19.5. The van der Waals surface area contributed by atoms with E-state index in [1.807, 2.05) is 18.7 Å². The van der Waals surface area contributed by atoms with Gasteiger partial charge in [0, 0.05) is 19.2 Å². The summed E-state index contributed by atoms with van der Waals surface area (Å²) in [6, 6.07) is 5.60. The van der Waals surface area contributed by atoms with Crippen LogP contribution in [0.1, 0.15) is 31.0 Å². The Kier molecular flexibility index (Phi) is 7.70. The van der Waals surface area contributed by atoms with Gasteiger partial charge in [-0.1, -0.05) is 19.9 Å². The van der Waals surface area contributed by atoms with Crippen molar-refractivity contribution in [1.29, 1.82) is 0 Å². The number of nitro groups is 1. The molecule has 1 atom stereocenters. The van der Waals surface area contributed by atoms with Gasteiger partial charge in [0.05, 0.1) is 29.2 Å². The second kappa shape index (κ2) is 10.5. The van der Waals surface area contributed by atoms with Gasteiger partial charge < -0.3 is 24.7 Å². The van der Waals surface area contributed by atoms with Gasteiger partial charge in [-0.3, -0.25) is 19.7 Å². The van der Waals surface area contributed by atoms with E-state index in [9.17, 15) is 34.3 Å². The SMILES string of the molecule is CCN(CC)CCN1C(=O)C(=O)/C(=C(/O)c2cc(F)ccc2OC)C1c1ccc(O)c([N+](=O)[O-])c1. The minimum atomic E-state index is -1.21. The van der Waals surface area contributed by atoms with Crippen molar-refractivity contribution in [2.75, 3.05) is 33.3 Å². The van der Waals surface area contributed by atoms with Gasteiger partial charge in [0.2, 0.25) is 0 Å². The first kappa shape index (κ1) is 25.6. The molecule has 1 amide bonds. The maximum absolute atomic E-state index is 14.0. The number of rotatable bonds is 9. The molecule has 0 aromatic heterocycles. The van der Waals surface area contributed by atoms with Crippen LogP contribution in [0.3, 0.4) is 0 Å². The average molecular weight is 487 g/mol. The number of nitro benzene ring substituents is 1. The Bertz CT molecular complexity index is 1190. The number of nitrogens with zero attached hydrogens (tertiary/aromatic N) is 3. The Morgan fingerprint density at radius 3 is 2.49 bits per heavy atom. The topological polar surface area (TPSA) is 133 Å². The molecule has 1 saturated heterocycles. The van der Waals surface area contributed by atoms with Gasteiger partial charge in [0.25, 0.3) is 11.7 Å². The molecule has 2 N–H and O–H groups in total. The minimum Gasteiger partial charge on any atom is -0.507 e. The molecule has 0 saturated carbocycles. The first-order valence-corrected chi connectivity index (χ1v) is 11.0. The summed E-state index contributed by atoms with van der Waals surface area (Å²) in [4.78, 5) is 40.0. The summed E-state index contributed by atoms with van der Waals surface area (Å²) in [7, 11) is 1.30. The third-order valence-electron chi connectivity index (χ3n) is 6.02. The van der Waals surface area contributed by atoms with Crippen LogP contribution in [-0.2, 0) is 9.59 Å². The fraction of sp³-hybridized carbons (Fsp3) is 0.333. The Morgan fingerprint density at radius 1 is 1.20 bits per heavy atom. The molecule has 0 spiro atoms. The summed E-state index contributed by atoms with van der Waals surface area (Å²) >= 11 is 0. The van der Waals surface area contributed by atoms with Crippen molar-refractivity contribution in [3.63, 3.8) is 0 Å². The van der Waals surface area contributed by atoms with Crippen molar-refractivity contribution in [1.82, 2.24) is 9.80 Å². The lowest BCUT2D eigenvalue weighted by molar-refractivity contribution is -0.385. The van der Waals surface area contributed by atoms with Gasteiger partial charge in [-0.25, -0.2) is 4.39 Å². The molecule has 1 aliphatic heterocycles. The first-order chi connectivity index (χ1) is 16.6. The maximum Gasteiger partial charge on any atom is 0.311 e. The molecule has 1 unspecified atom stereocenters. The summed E-state index contributed by atoms with van der Waals surface area (Å²) < 4.78 is 19.2. The third-order valence-corrected chi connectivity index (χ3v) is 6.02. The lowest BCUT2D eigenvalue weighted by Gasteiger charge is -2.28. The van der Waals surface area contributed by atoms with Gasteiger partial charge in [-0.05, 0) is 42.9 Å². The lowest BCUT2D eigenvalue weighted by Crippen LogP contribution is -2.38. The number of likely N-dealkylation sites (N-methyl/N-ethyl adjacent to an activating group) is 1. The second-order valence-corrected chi connectivity index (χ2v) is 7.87. The predicted octanol–water partition coefficient (Wildman–Crippen LogP) is 3.21. The lowest BCUT2D eigenvalue weighted by atomic mass is 9.94. The number of halogens is 1. The summed E-state index contributed by atoms with van der Waals surface area (Å²) in [6.07, 6.45) is 0. The molecule has 1 fully saturated rings. The van der Waals surface area contributed by atoms with Gasteiger partial charge in [0.15, 0.2) is 5.75 Å². The van der Waals surface area contributed by atoms with Crippen molar-refractivity contribution >= 4 is 23.1 Å². The molecule has 0 aliphatic carbocycles. The molecule has 186 valence electrons. The van der Waals surface area contributed by atoms with E-state index in [0.717, 1.165) is 24.3 Å². The van der Waals surface area contributed by atoms with E-state index < -0.39 is 45.7 Å². The highest BCUT2D eigenvalue weighted by atomic mass is 19.1. The molecular formula is C24H26FN3O7. The summed E-state index contributed by atoms with van der Waals surface area (Å²) in [5.74, 6) is -3.84. The average Bonchev–Trinajstić information content (AvgIpc) is 3.09. The molecule has 35 heavy (non-hydrogen) atoms. The number of ether oxygens (including phenoxy) is 1. The number of carbonyl (C=O) groups is 2. The number of hydrogen-bond donors (Lipinski definition) is 2. The largest absolute Gasteiger partial charge is 0.507 e. The summed E-state index contributed by atoms with van der Waals surface area (Å²) in [5, 5.41) is 32.5. The zero-order valence-corrected chi connectivity index (χ0v) is 19.5. The van der Waals surface area contributed by atoms with Gasteiger partial charge >= 0.3 is 5.69 Å². The molecule has 0 radical (unpaired) electrons. The molecule has 2 aromatic carbocycles. The Hall–Kier alpha value is -3.99. The normalized spacial score (nSPS) is 17.3. The second-order valence-electron chi connectivity index (χ2n) is 7.87. The molecule has 11 heteroatoms. The Balaban J connectivity index is 2.23. The number of ketones is 1. The van der Waals surface area contributed by atoms with Gasteiger partial charge in [0.1, 0.15) is 17.3 Å². The van der Waals surface area contributed by atoms with Crippen molar-refractivity contribution in [2.45, 2.75) is 19.9 Å². The number of aliphatic hydroxyl groups excluding tert-OH is 1. The minimum absolute atomic E-state index is 0.0636. The number of amides is 1. The smallest absolute Gasteiger partial charge is 0.311 e. The van der Waals surface area contributed by atoms with Crippen molar-refractivity contribution in [3.8, 4) is 11.5 Å². The van der Waals surface area contributed by atoms with Crippen molar-refractivity contribution in [3.05, 3.63) is 69.0 Å². The number of aliphatic hydroxyl groups is 1. The van der Waals surface area contributed by atoms with Crippen LogP contribution in [0.5, 0.6) is 11.5 Å². The van der Waals surface area contributed by atoms with Crippen molar-refractivity contribution in [2.24, 2.45) is 0 Å². The molecule has 1 heterocycles. The molecule has 10 nitrogen and oxygen atoms in total. The van der Waals surface area contributed by atoms with E-state index in [2.05, 4.69) is 0 Å². The van der Waals surface area contributed by atoms with Crippen molar-refractivity contribution < 1.29 is 33.9 Å². The number of benzene rings is 2. The Labute approximate surface area is 201 Å². The first-order valence-electron chi connectivity index (χ1n) is 11.0. The van der Waals surface area contributed by atoms with Crippen LogP contribution in [0.4, 0.5) is 10.1 Å².